The lowest BCUT2D eigenvalue weighted by Crippen LogP contribution is -2.46. The number of rotatable bonds is 9. The minimum Gasteiger partial charge on any atom is -0.341 e. The van der Waals surface area contributed by atoms with E-state index in [1.807, 2.05) is 0 Å². The zero-order valence-electron chi connectivity index (χ0n) is 13.6. The number of unbranched alkanes of at least 4 members (excludes halogenated alkanes) is 4. The fraction of sp³-hybridized carbons (Fsp3) is 0.941. The van der Waals surface area contributed by atoms with E-state index >= 15 is 0 Å². The molecule has 118 valence electrons. The summed E-state index contributed by atoms with van der Waals surface area (Å²) in [6.07, 6.45) is 11.9. The highest BCUT2D eigenvalue weighted by molar-refractivity contribution is 5.81. The van der Waals surface area contributed by atoms with Gasteiger partial charge in [-0.3, -0.25) is 4.79 Å². The number of carbonyl (C=O) groups is 1. The summed E-state index contributed by atoms with van der Waals surface area (Å²) in [4.78, 5) is 14.8. The average Bonchev–Trinajstić information content (AvgIpc) is 2.74. The van der Waals surface area contributed by atoms with Crippen LogP contribution in [0.25, 0.3) is 0 Å². The molecular formula is C17H34N2O. The van der Waals surface area contributed by atoms with Crippen molar-refractivity contribution in [3.63, 3.8) is 0 Å². The quantitative estimate of drug-likeness (QED) is 0.654. The summed E-state index contributed by atoms with van der Waals surface area (Å²) in [5, 5.41) is 3.45. The van der Waals surface area contributed by atoms with Crippen molar-refractivity contribution in [2.24, 2.45) is 0 Å². The largest absolute Gasteiger partial charge is 0.341 e. The Morgan fingerprint density at radius 1 is 1.00 bits per heavy atom. The van der Waals surface area contributed by atoms with Crippen molar-refractivity contribution in [3.05, 3.63) is 0 Å². The third kappa shape index (κ3) is 6.74. The molecule has 0 aromatic carbocycles. The molecule has 0 spiro atoms. The number of nitrogens with one attached hydrogen (secondary N) is 1. The van der Waals surface area contributed by atoms with Crippen LogP contribution in [0.15, 0.2) is 0 Å². The molecule has 0 aromatic heterocycles. The molecule has 1 aliphatic heterocycles. The molecule has 3 heteroatoms. The first-order chi connectivity index (χ1) is 9.79. The van der Waals surface area contributed by atoms with Gasteiger partial charge in [-0.15, -0.1) is 0 Å². The van der Waals surface area contributed by atoms with Gasteiger partial charge < -0.3 is 10.2 Å². The van der Waals surface area contributed by atoms with Gasteiger partial charge in [-0.05, 0) is 32.2 Å². The highest BCUT2D eigenvalue weighted by atomic mass is 16.2. The van der Waals surface area contributed by atoms with Crippen LogP contribution in [0.3, 0.4) is 0 Å². The third-order valence-electron chi connectivity index (χ3n) is 4.23. The molecule has 0 aliphatic carbocycles. The van der Waals surface area contributed by atoms with Crippen LogP contribution in [0.5, 0.6) is 0 Å². The Morgan fingerprint density at radius 2 is 1.65 bits per heavy atom. The van der Waals surface area contributed by atoms with Crippen molar-refractivity contribution < 1.29 is 4.79 Å². The van der Waals surface area contributed by atoms with Gasteiger partial charge in [0, 0.05) is 13.1 Å². The van der Waals surface area contributed by atoms with Crippen molar-refractivity contribution >= 4 is 5.91 Å². The predicted octanol–water partition coefficient (Wildman–Crippen LogP) is 3.73. The van der Waals surface area contributed by atoms with Crippen molar-refractivity contribution in [2.45, 2.75) is 84.1 Å². The number of hydrogen-bond donors (Lipinski definition) is 1. The fourth-order valence-electron chi connectivity index (χ4n) is 2.90. The summed E-state index contributed by atoms with van der Waals surface area (Å²) in [6.45, 7) is 7.35. The normalized spacial score (nSPS) is 19.6. The van der Waals surface area contributed by atoms with Crippen molar-refractivity contribution in [1.82, 2.24) is 10.2 Å². The molecule has 1 saturated heterocycles. The molecule has 0 bridgehead atoms. The van der Waals surface area contributed by atoms with Gasteiger partial charge in [0.25, 0.3) is 0 Å². The molecule has 0 aromatic rings. The predicted molar refractivity (Wildman–Crippen MR) is 85.9 cm³/mol. The van der Waals surface area contributed by atoms with Gasteiger partial charge in [0.1, 0.15) is 0 Å². The summed E-state index contributed by atoms with van der Waals surface area (Å²) in [6, 6.07) is 0.0840. The molecule has 0 saturated carbocycles. The van der Waals surface area contributed by atoms with E-state index in [-0.39, 0.29) is 6.04 Å². The molecule has 1 heterocycles. The van der Waals surface area contributed by atoms with Gasteiger partial charge in [0.2, 0.25) is 5.91 Å². The molecule has 1 amide bonds. The van der Waals surface area contributed by atoms with Crippen LogP contribution in [0.4, 0.5) is 0 Å². The van der Waals surface area contributed by atoms with Gasteiger partial charge >= 0.3 is 0 Å². The SMILES string of the molecule is CCCCCN(CCCCC)C(=O)C1CCCCCN1. The molecular weight excluding hydrogens is 248 g/mol. The molecule has 1 N–H and O–H groups in total. The van der Waals surface area contributed by atoms with Gasteiger partial charge in [0.05, 0.1) is 6.04 Å². The highest BCUT2D eigenvalue weighted by Crippen LogP contribution is 2.12. The molecule has 1 aliphatic rings. The topological polar surface area (TPSA) is 32.3 Å². The van der Waals surface area contributed by atoms with E-state index in [4.69, 9.17) is 0 Å². The number of carbonyl (C=O) groups excluding carboxylic acids is 1. The van der Waals surface area contributed by atoms with E-state index in [1.165, 1.54) is 44.9 Å². The zero-order valence-corrected chi connectivity index (χ0v) is 13.6. The monoisotopic (exact) mass is 282 g/mol. The maximum absolute atomic E-state index is 12.7. The minimum atomic E-state index is 0.0840. The second-order valence-corrected chi connectivity index (χ2v) is 6.10. The Bertz CT molecular complexity index is 237. The van der Waals surface area contributed by atoms with E-state index in [0.717, 1.165) is 38.9 Å². The van der Waals surface area contributed by atoms with Gasteiger partial charge in [-0.25, -0.2) is 0 Å². The number of amides is 1. The van der Waals surface area contributed by atoms with Gasteiger partial charge in [0.15, 0.2) is 0 Å². The summed E-state index contributed by atoms with van der Waals surface area (Å²) < 4.78 is 0. The van der Waals surface area contributed by atoms with Crippen LogP contribution in [-0.2, 0) is 4.79 Å². The average molecular weight is 282 g/mol. The van der Waals surface area contributed by atoms with Gasteiger partial charge in [-0.1, -0.05) is 52.4 Å². The van der Waals surface area contributed by atoms with Gasteiger partial charge in [-0.2, -0.15) is 0 Å². The first-order valence-corrected chi connectivity index (χ1v) is 8.81. The van der Waals surface area contributed by atoms with Crippen molar-refractivity contribution in [3.8, 4) is 0 Å². The molecule has 1 fully saturated rings. The summed E-state index contributed by atoms with van der Waals surface area (Å²) in [5.74, 6) is 0.360. The summed E-state index contributed by atoms with van der Waals surface area (Å²) in [5.41, 5.74) is 0. The Labute approximate surface area is 125 Å². The fourth-order valence-corrected chi connectivity index (χ4v) is 2.90. The number of hydrogen-bond acceptors (Lipinski definition) is 2. The first-order valence-electron chi connectivity index (χ1n) is 8.81. The standard InChI is InChI=1S/C17H34N2O/c1-3-5-10-14-19(15-11-6-4-2)17(20)16-12-8-7-9-13-18-16/h16,18H,3-15H2,1-2H3. The van der Waals surface area contributed by atoms with E-state index in [2.05, 4.69) is 24.1 Å². The second-order valence-electron chi connectivity index (χ2n) is 6.10. The van der Waals surface area contributed by atoms with E-state index in [1.54, 1.807) is 0 Å². The zero-order chi connectivity index (χ0) is 14.6. The van der Waals surface area contributed by atoms with E-state index < -0.39 is 0 Å². The lowest BCUT2D eigenvalue weighted by Gasteiger charge is -2.27. The van der Waals surface area contributed by atoms with Crippen LogP contribution in [0.1, 0.15) is 78.1 Å². The Balaban J connectivity index is 2.46. The lowest BCUT2D eigenvalue weighted by atomic mass is 10.1. The van der Waals surface area contributed by atoms with Crippen molar-refractivity contribution in [2.75, 3.05) is 19.6 Å². The van der Waals surface area contributed by atoms with Crippen LogP contribution >= 0.6 is 0 Å². The minimum absolute atomic E-state index is 0.0840. The van der Waals surface area contributed by atoms with Crippen molar-refractivity contribution in [1.29, 1.82) is 0 Å². The maximum atomic E-state index is 12.7. The molecule has 0 radical (unpaired) electrons. The van der Waals surface area contributed by atoms with E-state index in [9.17, 15) is 4.79 Å². The first kappa shape index (κ1) is 17.5. The lowest BCUT2D eigenvalue weighted by molar-refractivity contribution is -0.133. The smallest absolute Gasteiger partial charge is 0.239 e. The molecule has 20 heavy (non-hydrogen) atoms. The van der Waals surface area contributed by atoms with E-state index in [0.29, 0.717) is 5.91 Å². The van der Waals surface area contributed by atoms with Crippen LogP contribution in [-0.4, -0.2) is 36.5 Å². The molecule has 3 nitrogen and oxygen atoms in total. The highest BCUT2D eigenvalue weighted by Gasteiger charge is 2.24. The Morgan fingerprint density at radius 3 is 2.25 bits per heavy atom. The second kappa shape index (κ2) is 11.1. The van der Waals surface area contributed by atoms with Crippen LogP contribution in [0, 0.1) is 0 Å². The van der Waals surface area contributed by atoms with Crippen LogP contribution < -0.4 is 5.32 Å². The Kier molecular flexibility index (Phi) is 9.73. The molecule has 1 unspecified atom stereocenters. The Hall–Kier alpha value is -0.570. The third-order valence-corrected chi connectivity index (χ3v) is 4.23. The summed E-state index contributed by atoms with van der Waals surface area (Å²) in [7, 11) is 0. The maximum Gasteiger partial charge on any atom is 0.239 e. The number of nitrogens with zero attached hydrogens (tertiary/aromatic N) is 1. The molecule has 1 rings (SSSR count). The van der Waals surface area contributed by atoms with Crippen LogP contribution in [0.2, 0.25) is 0 Å². The molecule has 1 atom stereocenters. The summed E-state index contributed by atoms with van der Waals surface area (Å²) >= 11 is 0.